The van der Waals surface area contributed by atoms with Crippen molar-refractivity contribution in [3.8, 4) is 11.5 Å². The highest BCUT2D eigenvalue weighted by Gasteiger charge is 2.17. The van der Waals surface area contributed by atoms with Gasteiger partial charge >= 0.3 is 6.03 Å². The topological polar surface area (TPSA) is 88.7 Å². The Morgan fingerprint density at radius 1 is 1.00 bits per heavy atom. The van der Waals surface area contributed by atoms with E-state index < -0.39 is 18.0 Å². The fourth-order valence-electron chi connectivity index (χ4n) is 2.12. The van der Waals surface area contributed by atoms with Crippen LogP contribution in [0, 0.1) is 0 Å². The van der Waals surface area contributed by atoms with Crippen molar-refractivity contribution in [2.24, 2.45) is 0 Å². The molecule has 25 heavy (non-hydrogen) atoms. The lowest BCUT2D eigenvalue weighted by Crippen LogP contribution is -2.42. The summed E-state index contributed by atoms with van der Waals surface area (Å²) in [5.74, 6) is 0.709. The molecule has 0 radical (unpaired) electrons. The van der Waals surface area contributed by atoms with Crippen LogP contribution in [0.3, 0.4) is 0 Å². The van der Waals surface area contributed by atoms with Gasteiger partial charge in [0.15, 0.2) is 0 Å². The van der Waals surface area contributed by atoms with E-state index in [1.807, 2.05) is 6.07 Å². The van der Waals surface area contributed by atoms with Gasteiger partial charge in [-0.3, -0.25) is 10.1 Å². The highest BCUT2D eigenvalue weighted by molar-refractivity contribution is 6.03. The van der Waals surface area contributed by atoms with Gasteiger partial charge in [-0.25, -0.2) is 4.79 Å². The van der Waals surface area contributed by atoms with Gasteiger partial charge in [-0.15, -0.1) is 0 Å². The highest BCUT2D eigenvalue weighted by atomic mass is 16.5. The average molecular weight is 343 g/mol. The molecule has 0 heterocycles. The van der Waals surface area contributed by atoms with Gasteiger partial charge in [-0.1, -0.05) is 18.2 Å². The zero-order valence-electron chi connectivity index (χ0n) is 14.3. The van der Waals surface area contributed by atoms with E-state index >= 15 is 0 Å². The lowest BCUT2D eigenvalue weighted by molar-refractivity contribution is -0.120. The molecule has 3 N–H and O–H groups in total. The van der Waals surface area contributed by atoms with E-state index in [0.29, 0.717) is 22.9 Å². The molecular weight excluding hydrogens is 322 g/mol. The van der Waals surface area contributed by atoms with Crippen LogP contribution in [0.4, 0.5) is 16.2 Å². The van der Waals surface area contributed by atoms with E-state index in [1.165, 1.54) is 7.11 Å². The van der Waals surface area contributed by atoms with E-state index in [-0.39, 0.29) is 0 Å². The molecule has 0 bridgehead atoms. The molecule has 0 aliphatic rings. The molecule has 0 unspecified atom stereocenters. The normalized spacial score (nSPS) is 11.2. The maximum absolute atomic E-state index is 12.2. The smallest absolute Gasteiger partial charge is 0.325 e. The Balaban J connectivity index is 1.95. The number of rotatable bonds is 6. The van der Waals surface area contributed by atoms with Gasteiger partial charge in [0.2, 0.25) is 5.91 Å². The first-order valence-corrected chi connectivity index (χ1v) is 7.69. The predicted molar refractivity (Wildman–Crippen MR) is 96.2 cm³/mol. The summed E-state index contributed by atoms with van der Waals surface area (Å²) >= 11 is 0. The summed E-state index contributed by atoms with van der Waals surface area (Å²) in [4.78, 5) is 24.0. The molecule has 132 valence electrons. The Kier molecular flexibility index (Phi) is 6.22. The van der Waals surface area contributed by atoms with Crippen LogP contribution in [-0.4, -0.2) is 32.2 Å². The third kappa shape index (κ3) is 5.13. The van der Waals surface area contributed by atoms with Crippen molar-refractivity contribution in [1.29, 1.82) is 0 Å². The molecule has 0 aromatic heterocycles. The van der Waals surface area contributed by atoms with Crippen LogP contribution < -0.4 is 25.4 Å². The summed E-state index contributed by atoms with van der Waals surface area (Å²) in [7, 11) is 3.08. The molecule has 2 aromatic carbocycles. The predicted octanol–water partition coefficient (Wildman–Crippen LogP) is 2.85. The summed E-state index contributed by atoms with van der Waals surface area (Å²) in [6.07, 6.45) is 0. The second kappa shape index (κ2) is 8.58. The number of para-hydroxylation sites is 1. The number of carbonyl (C=O) groups excluding carboxylic acids is 2. The SMILES string of the molecule is COc1ccc(N[C@H](C)C(=O)NC(=O)Nc2ccccc2)c(OC)c1. The van der Waals surface area contributed by atoms with Gasteiger partial charge in [0.25, 0.3) is 0 Å². The van der Waals surface area contributed by atoms with Crippen molar-refractivity contribution >= 4 is 23.3 Å². The number of hydrogen-bond acceptors (Lipinski definition) is 5. The second-order valence-corrected chi connectivity index (χ2v) is 5.24. The average Bonchev–Trinajstić information content (AvgIpc) is 2.62. The fraction of sp³-hybridized carbons (Fsp3) is 0.222. The summed E-state index contributed by atoms with van der Waals surface area (Å²) in [5.41, 5.74) is 1.22. The minimum Gasteiger partial charge on any atom is -0.497 e. The molecule has 0 spiro atoms. The quantitative estimate of drug-likeness (QED) is 0.750. The number of benzene rings is 2. The molecular formula is C18H21N3O4. The number of ether oxygens (including phenoxy) is 2. The van der Waals surface area contributed by atoms with Crippen molar-refractivity contribution in [3.05, 3.63) is 48.5 Å². The number of imide groups is 1. The maximum atomic E-state index is 12.2. The van der Waals surface area contributed by atoms with E-state index in [0.717, 1.165) is 0 Å². The molecule has 0 aliphatic carbocycles. The lowest BCUT2D eigenvalue weighted by Gasteiger charge is -2.17. The fourth-order valence-corrected chi connectivity index (χ4v) is 2.12. The number of carbonyl (C=O) groups is 2. The zero-order chi connectivity index (χ0) is 18.2. The van der Waals surface area contributed by atoms with Crippen LogP contribution in [-0.2, 0) is 4.79 Å². The van der Waals surface area contributed by atoms with E-state index in [1.54, 1.807) is 56.5 Å². The van der Waals surface area contributed by atoms with Gasteiger partial charge in [-0.05, 0) is 31.2 Å². The number of anilines is 2. The first-order valence-electron chi connectivity index (χ1n) is 7.69. The summed E-state index contributed by atoms with van der Waals surface area (Å²) in [5, 5.41) is 7.89. The van der Waals surface area contributed by atoms with Crippen molar-refractivity contribution < 1.29 is 19.1 Å². The standard InChI is InChI=1S/C18H21N3O4/c1-12(19-15-10-9-14(24-2)11-16(15)25-3)17(22)21-18(23)20-13-7-5-4-6-8-13/h4-12,19H,1-3H3,(H2,20,21,22,23)/t12-/m1/s1. The largest absolute Gasteiger partial charge is 0.497 e. The van der Waals surface area contributed by atoms with Gasteiger partial charge in [0.1, 0.15) is 17.5 Å². The first kappa shape index (κ1) is 18.1. The minimum absolute atomic E-state index is 0.466. The van der Waals surface area contributed by atoms with Crippen molar-refractivity contribution in [2.75, 3.05) is 24.9 Å². The van der Waals surface area contributed by atoms with Gasteiger partial charge in [-0.2, -0.15) is 0 Å². The minimum atomic E-state index is -0.649. The molecule has 0 aliphatic heterocycles. The van der Waals surface area contributed by atoms with Crippen LogP contribution in [0.15, 0.2) is 48.5 Å². The molecule has 7 heteroatoms. The monoisotopic (exact) mass is 343 g/mol. The lowest BCUT2D eigenvalue weighted by atomic mass is 10.2. The summed E-state index contributed by atoms with van der Waals surface area (Å²) in [6, 6.07) is 12.8. The Morgan fingerprint density at radius 2 is 1.72 bits per heavy atom. The zero-order valence-corrected chi connectivity index (χ0v) is 14.3. The van der Waals surface area contributed by atoms with E-state index in [9.17, 15) is 9.59 Å². The Hall–Kier alpha value is -3.22. The van der Waals surface area contributed by atoms with Crippen LogP contribution in [0.2, 0.25) is 0 Å². The molecule has 0 fully saturated rings. The van der Waals surface area contributed by atoms with Crippen molar-refractivity contribution in [2.45, 2.75) is 13.0 Å². The van der Waals surface area contributed by atoms with Crippen LogP contribution in [0.25, 0.3) is 0 Å². The van der Waals surface area contributed by atoms with Crippen LogP contribution in [0.5, 0.6) is 11.5 Å². The number of methoxy groups -OCH3 is 2. The summed E-state index contributed by atoms with van der Waals surface area (Å²) < 4.78 is 10.4. The van der Waals surface area contributed by atoms with Gasteiger partial charge in [0, 0.05) is 11.8 Å². The molecule has 2 rings (SSSR count). The van der Waals surface area contributed by atoms with Gasteiger partial charge in [0.05, 0.1) is 19.9 Å². The van der Waals surface area contributed by atoms with Gasteiger partial charge < -0.3 is 20.1 Å². The Bertz CT molecular complexity index is 734. The molecule has 2 aromatic rings. The van der Waals surface area contributed by atoms with E-state index in [4.69, 9.17) is 9.47 Å². The number of amides is 3. The molecule has 7 nitrogen and oxygen atoms in total. The number of urea groups is 1. The third-order valence-electron chi connectivity index (χ3n) is 3.44. The molecule has 1 atom stereocenters. The van der Waals surface area contributed by atoms with Crippen LogP contribution in [0.1, 0.15) is 6.92 Å². The Morgan fingerprint density at radius 3 is 2.36 bits per heavy atom. The number of nitrogens with one attached hydrogen (secondary N) is 3. The molecule has 0 saturated carbocycles. The van der Waals surface area contributed by atoms with Crippen molar-refractivity contribution in [1.82, 2.24) is 5.32 Å². The molecule has 3 amide bonds. The van der Waals surface area contributed by atoms with Crippen molar-refractivity contribution in [3.63, 3.8) is 0 Å². The van der Waals surface area contributed by atoms with Crippen LogP contribution >= 0.6 is 0 Å². The highest BCUT2D eigenvalue weighted by Crippen LogP contribution is 2.29. The second-order valence-electron chi connectivity index (χ2n) is 5.24. The van der Waals surface area contributed by atoms with E-state index in [2.05, 4.69) is 16.0 Å². The Labute approximate surface area is 146 Å². The number of hydrogen-bond donors (Lipinski definition) is 3. The third-order valence-corrected chi connectivity index (χ3v) is 3.44. The molecule has 0 saturated heterocycles. The first-order chi connectivity index (χ1) is 12.0. The summed E-state index contributed by atoms with van der Waals surface area (Å²) in [6.45, 7) is 1.65. The maximum Gasteiger partial charge on any atom is 0.325 e.